The molecule has 0 atom stereocenters. The van der Waals surface area contributed by atoms with Crippen molar-refractivity contribution in [1.29, 1.82) is 0 Å². The average Bonchev–Trinajstić information content (AvgIpc) is 3.37. The van der Waals surface area contributed by atoms with Crippen LogP contribution in [-0.4, -0.2) is 26.3 Å². The maximum absolute atomic E-state index is 12.5. The highest BCUT2D eigenvalue weighted by atomic mass is 32.1. The largest absolute Gasteiger partial charge is 0.352 e. The Morgan fingerprint density at radius 1 is 1.38 bits per heavy atom. The molecule has 0 radical (unpaired) electrons. The summed E-state index contributed by atoms with van der Waals surface area (Å²) in [7, 11) is 0. The Bertz CT molecular complexity index is 723. The second-order valence-electron chi connectivity index (χ2n) is 5.68. The summed E-state index contributed by atoms with van der Waals surface area (Å²) < 4.78 is 3.04. The van der Waals surface area contributed by atoms with Gasteiger partial charge in [0, 0.05) is 12.1 Å². The Labute approximate surface area is 125 Å². The van der Waals surface area contributed by atoms with Gasteiger partial charge in [0.05, 0.1) is 4.88 Å². The first-order valence-corrected chi connectivity index (χ1v) is 8.13. The van der Waals surface area contributed by atoms with Gasteiger partial charge in [-0.3, -0.25) is 9.36 Å². The molecule has 2 heterocycles. The van der Waals surface area contributed by atoms with Crippen LogP contribution >= 0.6 is 11.3 Å². The molecule has 1 N–H and O–H groups in total. The summed E-state index contributed by atoms with van der Waals surface area (Å²) in [6.07, 6.45) is 4.10. The molecule has 21 heavy (non-hydrogen) atoms. The third-order valence-corrected chi connectivity index (χ3v) is 4.63. The zero-order valence-electron chi connectivity index (χ0n) is 11.5. The number of thiophene rings is 1. The van der Waals surface area contributed by atoms with E-state index in [2.05, 4.69) is 10.4 Å². The lowest BCUT2D eigenvalue weighted by Gasteiger charge is -2.01. The van der Waals surface area contributed by atoms with Crippen molar-refractivity contribution in [2.75, 3.05) is 0 Å². The Morgan fingerprint density at radius 3 is 2.81 bits per heavy atom. The quantitative estimate of drug-likeness (QED) is 0.907. The van der Waals surface area contributed by atoms with Crippen LogP contribution in [0.2, 0.25) is 0 Å². The fourth-order valence-corrected chi connectivity index (χ4v) is 3.10. The lowest BCUT2D eigenvalue weighted by atomic mass is 10.4. The van der Waals surface area contributed by atoms with Crippen LogP contribution in [0.3, 0.4) is 0 Å². The number of nitrogens with one attached hydrogen (secondary N) is 1. The van der Waals surface area contributed by atoms with Crippen LogP contribution in [0.4, 0.5) is 0 Å². The minimum absolute atomic E-state index is 0.00737. The predicted octanol–water partition coefficient (Wildman–Crippen LogP) is 1.39. The summed E-state index contributed by atoms with van der Waals surface area (Å²) >= 11 is 1.56. The highest BCUT2D eigenvalue weighted by molar-refractivity contribution is 7.13. The first-order valence-electron chi connectivity index (χ1n) is 7.25. The van der Waals surface area contributed by atoms with E-state index in [-0.39, 0.29) is 24.2 Å². The smallest absolute Gasteiger partial charge is 0.346 e. The van der Waals surface area contributed by atoms with Crippen LogP contribution in [0.5, 0.6) is 0 Å². The molecule has 0 bridgehead atoms. The Balaban J connectivity index is 1.66. The van der Waals surface area contributed by atoms with Gasteiger partial charge in [0.1, 0.15) is 6.54 Å². The van der Waals surface area contributed by atoms with E-state index in [4.69, 9.17) is 0 Å². The van der Waals surface area contributed by atoms with E-state index in [1.165, 1.54) is 4.68 Å². The van der Waals surface area contributed by atoms with Crippen LogP contribution in [0.25, 0.3) is 10.7 Å². The van der Waals surface area contributed by atoms with Crippen molar-refractivity contribution in [2.45, 2.75) is 44.3 Å². The highest BCUT2D eigenvalue weighted by Gasteiger charge is 2.31. The Hall–Kier alpha value is -1.89. The third kappa shape index (κ3) is 2.53. The number of amides is 1. The summed E-state index contributed by atoms with van der Waals surface area (Å²) in [5, 5.41) is 9.26. The van der Waals surface area contributed by atoms with Crippen molar-refractivity contribution in [3.05, 3.63) is 28.0 Å². The van der Waals surface area contributed by atoms with Gasteiger partial charge in [0.15, 0.2) is 5.82 Å². The first kappa shape index (κ1) is 12.8. The predicted molar refractivity (Wildman–Crippen MR) is 79.2 cm³/mol. The van der Waals surface area contributed by atoms with Crippen LogP contribution in [-0.2, 0) is 11.3 Å². The first-order chi connectivity index (χ1) is 10.2. The SMILES string of the molecule is O=C(Cn1nc(-c2cccs2)n(C2CC2)c1=O)NC1CC1. The van der Waals surface area contributed by atoms with Gasteiger partial charge in [0.2, 0.25) is 5.91 Å². The molecule has 0 aliphatic heterocycles. The molecule has 2 aliphatic rings. The maximum Gasteiger partial charge on any atom is 0.346 e. The van der Waals surface area contributed by atoms with Crippen LogP contribution < -0.4 is 11.0 Å². The van der Waals surface area contributed by atoms with Crippen molar-refractivity contribution >= 4 is 17.2 Å². The topological polar surface area (TPSA) is 68.9 Å². The number of hydrogen-bond acceptors (Lipinski definition) is 4. The van der Waals surface area contributed by atoms with E-state index < -0.39 is 0 Å². The molecule has 0 spiro atoms. The molecule has 0 saturated heterocycles. The summed E-state index contributed by atoms with van der Waals surface area (Å²) in [6, 6.07) is 4.45. The van der Waals surface area contributed by atoms with Crippen molar-refractivity contribution in [3.8, 4) is 10.7 Å². The van der Waals surface area contributed by atoms with Crippen molar-refractivity contribution in [1.82, 2.24) is 19.7 Å². The van der Waals surface area contributed by atoms with Crippen molar-refractivity contribution in [3.63, 3.8) is 0 Å². The molecule has 0 unspecified atom stereocenters. The number of rotatable bonds is 5. The van der Waals surface area contributed by atoms with Gasteiger partial charge in [-0.25, -0.2) is 9.48 Å². The summed E-state index contributed by atoms with van der Waals surface area (Å²) in [5.41, 5.74) is -0.174. The van der Waals surface area contributed by atoms with Gasteiger partial charge < -0.3 is 5.32 Å². The number of carbonyl (C=O) groups is 1. The molecule has 2 aromatic heterocycles. The average molecular weight is 304 g/mol. The third-order valence-electron chi connectivity index (χ3n) is 3.76. The molecule has 2 aliphatic carbocycles. The van der Waals surface area contributed by atoms with Gasteiger partial charge in [0.25, 0.3) is 0 Å². The van der Waals surface area contributed by atoms with Crippen molar-refractivity contribution < 1.29 is 4.79 Å². The second kappa shape index (κ2) is 4.84. The minimum atomic E-state index is -0.174. The minimum Gasteiger partial charge on any atom is -0.352 e. The standard InChI is InChI=1S/C14H16N4O2S/c19-12(15-9-3-4-9)8-17-14(20)18(10-5-6-10)13(16-17)11-2-1-7-21-11/h1-2,7,9-10H,3-6,8H2,(H,15,19). The Morgan fingerprint density at radius 2 is 2.19 bits per heavy atom. The lowest BCUT2D eigenvalue weighted by Crippen LogP contribution is -2.34. The molecular formula is C14H16N4O2S. The molecule has 0 aromatic carbocycles. The molecular weight excluding hydrogens is 288 g/mol. The summed E-state index contributed by atoms with van der Waals surface area (Å²) in [5.74, 6) is 0.564. The van der Waals surface area contributed by atoms with E-state index >= 15 is 0 Å². The molecule has 1 amide bonds. The van der Waals surface area contributed by atoms with E-state index in [1.54, 1.807) is 15.9 Å². The molecule has 2 saturated carbocycles. The number of hydrogen-bond donors (Lipinski definition) is 1. The molecule has 6 nitrogen and oxygen atoms in total. The molecule has 2 fully saturated rings. The Kier molecular flexibility index (Phi) is 2.95. The van der Waals surface area contributed by atoms with Gasteiger partial charge >= 0.3 is 5.69 Å². The molecule has 4 rings (SSSR count). The fraction of sp³-hybridized carbons (Fsp3) is 0.500. The number of carbonyl (C=O) groups excluding carboxylic acids is 1. The zero-order chi connectivity index (χ0) is 14.4. The summed E-state index contributed by atoms with van der Waals surface area (Å²) in [4.78, 5) is 25.4. The van der Waals surface area contributed by atoms with Crippen LogP contribution in [0.1, 0.15) is 31.7 Å². The lowest BCUT2D eigenvalue weighted by molar-refractivity contribution is -0.122. The zero-order valence-corrected chi connectivity index (χ0v) is 12.3. The maximum atomic E-state index is 12.5. The highest BCUT2D eigenvalue weighted by Crippen LogP contribution is 2.37. The van der Waals surface area contributed by atoms with Crippen LogP contribution in [0, 0.1) is 0 Å². The van der Waals surface area contributed by atoms with E-state index in [0.29, 0.717) is 11.9 Å². The van der Waals surface area contributed by atoms with Crippen molar-refractivity contribution in [2.24, 2.45) is 0 Å². The van der Waals surface area contributed by atoms with E-state index in [9.17, 15) is 9.59 Å². The molecule has 2 aromatic rings. The summed E-state index contributed by atoms with van der Waals surface area (Å²) in [6.45, 7) is 0.00737. The van der Waals surface area contributed by atoms with Gasteiger partial charge in [-0.05, 0) is 37.1 Å². The normalized spacial score (nSPS) is 17.9. The van der Waals surface area contributed by atoms with Gasteiger partial charge in [-0.2, -0.15) is 0 Å². The van der Waals surface area contributed by atoms with Gasteiger partial charge in [-0.1, -0.05) is 6.07 Å². The van der Waals surface area contributed by atoms with E-state index in [0.717, 1.165) is 30.6 Å². The molecule has 7 heteroatoms. The van der Waals surface area contributed by atoms with Crippen LogP contribution in [0.15, 0.2) is 22.3 Å². The molecule has 110 valence electrons. The number of aromatic nitrogens is 3. The fourth-order valence-electron chi connectivity index (χ4n) is 2.40. The monoisotopic (exact) mass is 304 g/mol. The number of nitrogens with zero attached hydrogens (tertiary/aromatic N) is 3. The second-order valence-corrected chi connectivity index (χ2v) is 6.63. The van der Waals surface area contributed by atoms with E-state index in [1.807, 2.05) is 17.5 Å². The van der Waals surface area contributed by atoms with Gasteiger partial charge in [-0.15, -0.1) is 16.4 Å².